The van der Waals surface area contributed by atoms with Gasteiger partial charge >= 0.3 is 5.69 Å². The third-order valence-electron chi connectivity index (χ3n) is 4.97. The van der Waals surface area contributed by atoms with Crippen LogP contribution in [0.3, 0.4) is 0 Å². The largest absolute Gasteiger partial charge is 0.495 e. The summed E-state index contributed by atoms with van der Waals surface area (Å²) in [5, 5.41) is 3.60. The van der Waals surface area contributed by atoms with Crippen LogP contribution in [-0.4, -0.2) is 26.7 Å². The standard InChI is InChI=1S/C19H21ClN4O4/c1-10-12(9-15(25)21-13-8-11(20)6-7-14(13)28-5)16-17(22(10)2)23(3)19(27)24(4)18(16)26/h6-8H,9H2,1-5H3,(H,21,25). The Labute approximate surface area is 165 Å². The fourth-order valence-corrected chi connectivity index (χ4v) is 3.55. The Kier molecular flexibility index (Phi) is 5.08. The van der Waals surface area contributed by atoms with E-state index in [-0.39, 0.29) is 12.3 Å². The van der Waals surface area contributed by atoms with Gasteiger partial charge in [-0.1, -0.05) is 11.6 Å². The number of aryl methyl sites for hydroxylation is 2. The molecule has 0 aliphatic carbocycles. The number of methoxy groups -OCH3 is 1. The average molecular weight is 405 g/mol. The fraction of sp³-hybridized carbons (Fsp3) is 0.316. The maximum absolute atomic E-state index is 12.7. The van der Waals surface area contributed by atoms with E-state index in [1.54, 1.807) is 36.9 Å². The van der Waals surface area contributed by atoms with Gasteiger partial charge in [0.2, 0.25) is 5.91 Å². The molecule has 1 aromatic carbocycles. The van der Waals surface area contributed by atoms with Gasteiger partial charge in [0.05, 0.1) is 24.6 Å². The summed E-state index contributed by atoms with van der Waals surface area (Å²) in [6.07, 6.45) is -0.0354. The van der Waals surface area contributed by atoms with Crippen molar-refractivity contribution in [3.8, 4) is 5.75 Å². The molecule has 9 heteroatoms. The molecule has 0 saturated heterocycles. The number of ether oxygens (including phenoxy) is 1. The topological polar surface area (TPSA) is 87.3 Å². The molecule has 148 valence electrons. The Balaban J connectivity index is 2.07. The van der Waals surface area contributed by atoms with Crippen LogP contribution in [0.4, 0.5) is 5.69 Å². The lowest BCUT2D eigenvalue weighted by Crippen LogP contribution is -2.37. The van der Waals surface area contributed by atoms with Crippen LogP contribution in [-0.2, 0) is 32.4 Å². The highest BCUT2D eigenvalue weighted by molar-refractivity contribution is 6.31. The minimum absolute atomic E-state index is 0.0354. The first kappa shape index (κ1) is 19.8. The molecule has 0 unspecified atom stereocenters. The van der Waals surface area contributed by atoms with E-state index in [4.69, 9.17) is 16.3 Å². The van der Waals surface area contributed by atoms with Gasteiger partial charge in [-0.15, -0.1) is 0 Å². The smallest absolute Gasteiger partial charge is 0.332 e. The summed E-state index contributed by atoms with van der Waals surface area (Å²) in [4.78, 5) is 37.7. The van der Waals surface area contributed by atoms with Gasteiger partial charge in [0.1, 0.15) is 11.4 Å². The zero-order valence-corrected chi connectivity index (χ0v) is 17.0. The summed E-state index contributed by atoms with van der Waals surface area (Å²) in [5.41, 5.74) is 1.39. The molecule has 2 heterocycles. The number of hydrogen-bond acceptors (Lipinski definition) is 4. The normalized spacial score (nSPS) is 11.1. The number of rotatable bonds is 4. The van der Waals surface area contributed by atoms with Crippen LogP contribution < -0.4 is 21.3 Å². The van der Waals surface area contributed by atoms with Crippen LogP contribution in [0.1, 0.15) is 11.3 Å². The number of halogens is 1. The lowest BCUT2D eigenvalue weighted by atomic mass is 10.1. The Morgan fingerprint density at radius 2 is 1.82 bits per heavy atom. The molecular weight excluding hydrogens is 384 g/mol. The molecule has 0 bridgehead atoms. The van der Waals surface area contributed by atoms with Gasteiger partial charge in [0, 0.05) is 31.9 Å². The number of benzene rings is 1. The highest BCUT2D eigenvalue weighted by Crippen LogP contribution is 2.28. The highest BCUT2D eigenvalue weighted by Gasteiger charge is 2.22. The second-order valence-electron chi connectivity index (χ2n) is 6.60. The molecule has 1 amide bonds. The number of hydrogen-bond donors (Lipinski definition) is 1. The van der Waals surface area contributed by atoms with Crippen LogP contribution in [0.15, 0.2) is 27.8 Å². The summed E-state index contributed by atoms with van der Waals surface area (Å²) in [6.45, 7) is 1.81. The molecule has 3 aromatic rings. The van der Waals surface area contributed by atoms with Crippen molar-refractivity contribution in [3.05, 3.63) is 55.3 Å². The molecule has 0 fully saturated rings. The van der Waals surface area contributed by atoms with E-state index in [9.17, 15) is 14.4 Å². The van der Waals surface area contributed by atoms with Crippen molar-refractivity contribution in [1.29, 1.82) is 0 Å². The number of aromatic nitrogens is 3. The second-order valence-corrected chi connectivity index (χ2v) is 7.03. The minimum Gasteiger partial charge on any atom is -0.495 e. The first-order valence-electron chi connectivity index (χ1n) is 8.54. The minimum atomic E-state index is -0.426. The van der Waals surface area contributed by atoms with Crippen molar-refractivity contribution in [2.75, 3.05) is 12.4 Å². The van der Waals surface area contributed by atoms with Crippen molar-refractivity contribution in [2.24, 2.45) is 21.1 Å². The molecule has 0 atom stereocenters. The second kappa shape index (κ2) is 7.20. The van der Waals surface area contributed by atoms with Gasteiger partial charge < -0.3 is 14.6 Å². The average Bonchev–Trinajstić information content (AvgIpc) is 2.90. The number of fused-ring (bicyclic) bond motifs is 1. The third kappa shape index (κ3) is 3.09. The van der Waals surface area contributed by atoms with Gasteiger partial charge in [-0.2, -0.15) is 0 Å². The van der Waals surface area contributed by atoms with Crippen LogP contribution in [0.2, 0.25) is 5.02 Å². The van der Waals surface area contributed by atoms with Crippen LogP contribution in [0.25, 0.3) is 11.0 Å². The maximum Gasteiger partial charge on any atom is 0.332 e. The van der Waals surface area contributed by atoms with E-state index in [0.717, 1.165) is 10.3 Å². The van der Waals surface area contributed by atoms with E-state index in [1.165, 1.54) is 18.7 Å². The monoisotopic (exact) mass is 404 g/mol. The lowest BCUT2D eigenvalue weighted by molar-refractivity contribution is -0.115. The van der Waals surface area contributed by atoms with Crippen molar-refractivity contribution < 1.29 is 9.53 Å². The Morgan fingerprint density at radius 3 is 2.46 bits per heavy atom. The number of carbonyl (C=O) groups is 1. The molecule has 0 spiro atoms. The molecular formula is C19H21ClN4O4. The molecule has 2 aromatic heterocycles. The summed E-state index contributed by atoms with van der Waals surface area (Å²) in [6, 6.07) is 4.92. The number of amides is 1. The fourth-order valence-electron chi connectivity index (χ4n) is 3.38. The van der Waals surface area contributed by atoms with E-state index in [1.807, 2.05) is 6.92 Å². The van der Waals surface area contributed by atoms with Crippen LogP contribution in [0.5, 0.6) is 5.75 Å². The first-order valence-corrected chi connectivity index (χ1v) is 8.92. The van der Waals surface area contributed by atoms with Crippen LogP contribution >= 0.6 is 11.6 Å². The summed E-state index contributed by atoms with van der Waals surface area (Å²) >= 11 is 6.01. The predicted octanol–water partition coefficient (Wildman–Crippen LogP) is 1.73. The molecule has 0 aliphatic rings. The van der Waals surface area contributed by atoms with Gasteiger partial charge in [-0.3, -0.25) is 18.7 Å². The Bertz CT molecular complexity index is 1220. The van der Waals surface area contributed by atoms with Gasteiger partial charge in [0.15, 0.2) is 0 Å². The SMILES string of the molecule is COc1ccc(Cl)cc1NC(=O)Cc1c(C)n(C)c2c1c(=O)n(C)c(=O)n2C. The van der Waals surface area contributed by atoms with E-state index in [0.29, 0.717) is 33.1 Å². The van der Waals surface area contributed by atoms with Crippen molar-refractivity contribution in [3.63, 3.8) is 0 Å². The highest BCUT2D eigenvalue weighted by atomic mass is 35.5. The molecule has 1 N–H and O–H groups in total. The first-order chi connectivity index (χ1) is 13.2. The number of anilines is 1. The predicted molar refractivity (Wildman–Crippen MR) is 108 cm³/mol. The van der Waals surface area contributed by atoms with Crippen molar-refractivity contribution in [1.82, 2.24) is 13.7 Å². The summed E-state index contributed by atoms with van der Waals surface area (Å²) < 4.78 is 9.45. The summed E-state index contributed by atoms with van der Waals surface area (Å²) in [5.74, 6) is 0.151. The number of nitrogens with zero attached hydrogens (tertiary/aromatic N) is 3. The van der Waals surface area contributed by atoms with E-state index < -0.39 is 11.2 Å². The van der Waals surface area contributed by atoms with E-state index in [2.05, 4.69) is 5.32 Å². The van der Waals surface area contributed by atoms with Crippen molar-refractivity contribution in [2.45, 2.75) is 13.3 Å². The Morgan fingerprint density at radius 1 is 1.14 bits per heavy atom. The van der Waals surface area contributed by atoms with Gasteiger partial charge in [-0.25, -0.2) is 4.79 Å². The Hall–Kier alpha value is -3.00. The molecule has 3 rings (SSSR count). The number of carbonyl (C=O) groups excluding carboxylic acids is 1. The van der Waals surface area contributed by atoms with Crippen LogP contribution in [0, 0.1) is 6.92 Å². The number of nitrogens with one attached hydrogen (secondary N) is 1. The third-order valence-corrected chi connectivity index (χ3v) is 5.20. The zero-order chi connectivity index (χ0) is 20.7. The lowest BCUT2D eigenvalue weighted by Gasteiger charge is -2.11. The van der Waals surface area contributed by atoms with Gasteiger partial charge in [0.25, 0.3) is 5.56 Å². The van der Waals surface area contributed by atoms with E-state index >= 15 is 0 Å². The molecule has 28 heavy (non-hydrogen) atoms. The quantitative estimate of drug-likeness (QED) is 0.717. The molecule has 0 radical (unpaired) electrons. The van der Waals surface area contributed by atoms with Crippen molar-refractivity contribution >= 4 is 34.2 Å². The van der Waals surface area contributed by atoms with Gasteiger partial charge in [-0.05, 0) is 30.7 Å². The molecule has 0 saturated carbocycles. The summed E-state index contributed by atoms with van der Waals surface area (Å²) in [7, 11) is 6.28. The molecule has 0 aliphatic heterocycles. The maximum atomic E-state index is 12.7. The molecule has 8 nitrogen and oxygen atoms in total. The zero-order valence-electron chi connectivity index (χ0n) is 16.3.